The van der Waals surface area contributed by atoms with E-state index in [1.807, 2.05) is 32.0 Å². The second-order valence-corrected chi connectivity index (χ2v) is 6.98. The molecule has 0 radical (unpaired) electrons. The van der Waals surface area contributed by atoms with E-state index in [4.69, 9.17) is 0 Å². The third kappa shape index (κ3) is 3.65. The number of aliphatic hydroxyl groups is 1. The molecule has 1 aromatic carbocycles. The topological polar surface area (TPSA) is 49.3 Å². The number of amides is 1. The average molecular weight is 289 g/mol. The molecule has 1 aliphatic rings. The van der Waals surface area contributed by atoms with Crippen LogP contribution in [0.2, 0.25) is 0 Å². The van der Waals surface area contributed by atoms with Crippen molar-refractivity contribution in [3.8, 4) is 0 Å². The van der Waals surface area contributed by atoms with Gasteiger partial charge < -0.3 is 10.4 Å². The third-order valence-corrected chi connectivity index (χ3v) is 4.71. The zero-order valence-corrected chi connectivity index (χ0v) is 13.2. The second-order valence-electron chi connectivity index (χ2n) is 6.98. The first kappa shape index (κ1) is 16.0. The molecule has 1 aliphatic carbocycles. The van der Waals surface area contributed by atoms with Gasteiger partial charge in [-0.05, 0) is 36.7 Å². The summed E-state index contributed by atoms with van der Waals surface area (Å²) in [5, 5.41) is 12.3. The van der Waals surface area contributed by atoms with E-state index < -0.39 is 0 Å². The van der Waals surface area contributed by atoms with Gasteiger partial charge in [0.05, 0.1) is 5.41 Å². The summed E-state index contributed by atoms with van der Waals surface area (Å²) in [6, 6.07) is 10.1. The average Bonchev–Trinajstić information content (AvgIpc) is 2.44. The van der Waals surface area contributed by atoms with Crippen LogP contribution in [-0.2, 0) is 10.2 Å². The van der Waals surface area contributed by atoms with E-state index in [9.17, 15) is 9.90 Å². The predicted molar refractivity (Wildman–Crippen MR) is 85.1 cm³/mol. The number of nitrogens with one attached hydrogen (secondary N) is 1. The summed E-state index contributed by atoms with van der Waals surface area (Å²) < 4.78 is 0. The van der Waals surface area contributed by atoms with Gasteiger partial charge in [-0.25, -0.2) is 0 Å². The Hall–Kier alpha value is -1.35. The molecule has 0 aliphatic heterocycles. The van der Waals surface area contributed by atoms with Crippen molar-refractivity contribution in [2.24, 2.45) is 5.41 Å². The van der Waals surface area contributed by atoms with Gasteiger partial charge in [-0.2, -0.15) is 0 Å². The zero-order chi connectivity index (χ0) is 15.3. The monoisotopic (exact) mass is 289 g/mol. The Balaban J connectivity index is 1.88. The van der Waals surface area contributed by atoms with E-state index in [2.05, 4.69) is 17.4 Å². The lowest BCUT2D eigenvalue weighted by Gasteiger charge is -2.40. The first-order valence-electron chi connectivity index (χ1n) is 7.95. The van der Waals surface area contributed by atoms with Gasteiger partial charge in [-0.3, -0.25) is 4.79 Å². The summed E-state index contributed by atoms with van der Waals surface area (Å²) in [5.41, 5.74) is 0.788. The fraction of sp³-hybridized carbons (Fsp3) is 0.611. The highest BCUT2D eigenvalue weighted by Crippen LogP contribution is 2.43. The molecule has 21 heavy (non-hydrogen) atoms. The van der Waals surface area contributed by atoms with E-state index in [1.54, 1.807) is 0 Å². The maximum Gasteiger partial charge on any atom is 0.230 e. The van der Waals surface area contributed by atoms with Gasteiger partial charge in [0.2, 0.25) is 5.91 Å². The molecule has 3 nitrogen and oxygen atoms in total. The number of carbonyl (C=O) groups excluding carboxylic acids is 1. The molecule has 2 rings (SSSR count). The van der Waals surface area contributed by atoms with Gasteiger partial charge in [-0.15, -0.1) is 0 Å². The van der Waals surface area contributed by atoms with Crippen LogP contribution in [0, 0.1) is 5.41 Å². The van der Waals surface area contributed by atoms with Gasteiger partial charge >= 0.3 is 0 Å². The van der Waals surface area contributed by atoms with Crippen LogP contribution in [0.1, 0.15) is 51.5 Å². The molecule has 2 N–H and O–H groups in total. The van der Waals surface area contributed by atoms with Gasteiger partial charge in [0.1, 0.15) is 0 Å². The largest absolute Gasteiger partial charge is 0.396 e. The highest BCUT2D eigenvalue weighted by atomic mass is 16.3. The Morgan fingerprint density at radius 1 is 1.29 bits per heavy atom. The lowest BCUT2D eigenvalue weighted by atomic mass is 9.64. The van der Waals surface area contributed by atoms with E-state index in [1.165, 1.54) is 0 Å². The molecule has 1 saturated carbocycles. The molecule has 3 heteroatoms. The van der Waals surface area contributed by atoms with Gasteiger partial charge in [-0.1, -0.05) is 50.6 Å². The Labute approximate surface area is 127 Å². The summed E-state index contributed by atoms with van der Waals surface area (Å²) in [5.74, 6) is 0.168. The van der Waals surface area contributed by atoms with Crippen molar-refractivity contribution >= 4 is 5.91 Å². The molecule has 0 heterocycles. The van der Waals surface area contributed by atoms with Gasteiger partial charge in [0, 0.05) is 13.2 Å². The van der Waals surface area contributed by atoms with E-state index in [-0.39, 0.29) is 23.3 Å². The SMILES string of the molecule is CC(C)(CO)CCCNC(=O)C1(c2ccccc2)CCC1. The molecular weight excluding hydrogens is 262 g/mol. The summed E-state index contributed by atoms with van der Waals surface area (Å²) >= 11 is 0. The molecule has 0 saturated heterocycles. The molecule has 1 aromatic rings. The number of benzene rings is 1. The molecule has 0 aromatic heterocycles. The minimum Gasteiger partial charge on any atom is -0.396 e. The predicted octanol–water partition coefficient (Wildman–Crippen LogP) is 3.02. The van der Waals surface area contributed by atoms with Crippen molar-refractivity contribution in [3.63, 3.8) is 0 Å². The number of carbonyl (C=O) groups is 1. The van der Waals surface area contributed by atoms with Crippen molar-refractivity contribution in [2.75, 3.05) is 13.2 Å². The van der Waals surface area contributed by atoms with Crippen LogP contribution in [0.5, 0.6) is 0 Å². The highest BCUT2D eigenvalue weighted by molar-refractivity contribution is 5.89. The fourth-order valence-electron chi connectivity index (χ4n) is 2.95. The standard InChI is InChI=1S/C18H27NO2/c1-17(2,14-20)10-7-13-19-16(21)18(11-6-12-18)15-8-4-3-5-9-15/h3-5,8-9,20H,6-7,10-14H2,1-2H3,(H,19,21). The Bertz CT molecular complexity index is 463. The van der Waals surface area contributed by atoms with Crippen LogP contribution >= 0.6 is 0 Å². The van der Waals surface area contributed by atoms with Crippen LogP contribution in [0.3, 0.4) is 0 Å². The van der Waals surface area contributed by atoms with Crippen LogP contribution in [-0.4, -0.2) is 24.2 Å². The first-order valence-corrected chi connectivity index (χ1v) is 7.95. The number of hydrogen-bond acceptors (Lipinski definition) is 2. The maximum absolute atomic E-state index is 12.6. The van der Waals surface area contributed by atoms with E-state index >= 15 is 0 Å². The Morgan fingerprint density at radius 2 is 1.95 bits per heavy atom. The van der Waals surface area contributed by atoms with Crippen molar-refractivity contribution in [3.05, 3.63) is 35.9 Å². The summed E-state index contributed by atoms with van der Waals surface area (Å²) in [6.07, 6.45) is 4.85. The van der Waals surface area contributed by atoms with Crippen LogP contribution in [0.4, 0.5) is 0 Å². The molecule has 0 unspecified atom stereocenters. The quantitative estimate of drug-likeness (QED) is 0.758. The highest BCUT2D eigenvalue weighted by Gasteiger charge is 2.45. The molecule has 116 valence electrons. The lowest BCUT2D eigenvalue weighted by molar-refractivity contribution is -0.129. The minimum absolute atomic E-state index is 0.0572. The van der Waals surface area contributed by atoms with Crippen molar-refractivity contribution in [1.82, 2.24) is 5.32 Å². The Morgan fingerprint density at radius 3 is 2.48 bits per heavy atom. The smallest absolute Gasteiger partial charge is 0.230 e. The van der Waals surface area contributed by atoms with Crippen LogP contribution < -0.4 is 5.32 Å². The molecule has 1 amide bonds. The summed E-state index contributed by atoms with van der Waals surface area (Å²) in [7, 11) is 0. The Kier molecular flexibility index (Phi) is 5.04. The zero-order valence-electron chi connectivity index (χ0n) is 13.2. The lowest BCUT2D eigenvalue weighted by Crippen LogP contribution is -2.49. The molecule has 0 atom stereocenters. The molecule has 1 fully saturated rings. The normalized spacial score (nSPS) is 17.1. The van der Waals surface area contributed by atoms with Crippen LogP contribution in [0.15, 0.2) is 30.3 Å². The molecule has 0 spiro atoms. The van der Waals surface area contributed by atoms with Crippen molar-refractivity contribution in [1.29, 1.82) is 0 Å². The van der Waals surface area contributed by atoms with Crippen molar-refractivity contribution < 1.29 is 9.90 Å². The van der Waals surface area contributed by atoms with Gasteiger partial charge in [0.15, 0.2) is 0 Å². The van der Waals surface area contributed by atoms with E-state index in [0.29, 0.717) is 6.54 Å². The number of rotatable bonds is 7. The minimum atomic E-state index is -0.298. The van der Waals surface area contributed by atoms with Crippen LogP contribution in [0.25, 0.3) is 0 Å². The fourth-order valence-corrected chi connectivity index (χ4v) is 2.95. The maximum atomic E-state index is 12.6. The summed E-state index contributed by atoms with van der Waals surface area (Å²) in [6.45, 7) is 4.98. The molecular formula is C18H27NO2. The van der Waals surface area contributed by atoms with Gasteiger partial charge in [0.25, 0.3) is 0 Å². The van der Waals surface area contributed by atoms with E-state index in [0.717, 1.165) is 37.7 Å². The third-order valence-electron chi connectivity index (χ3n) is 4.71. The number of hydrogen-bond donors (Lipinski definition) is 2. The summed E-state index contributed by atoms with van der Waals surface area (Å²) in [4.78, 5) is 12.6. The first-order chi connectivity index (χ1) is 10.0. The molecule has 0 bridgehead atoms. The second kappa shape index (κ2) is 6.61. The number of aliphatic hydroxyl groups excluding tert-OH is 1. The van der Waals surface area contributed by atoms with Crippen molar-refractivity contribution in [2.45, 2.75) is 51.4 Å².